The van der Waals surface area contributed by atoms with E-state index >= 15 is 0 Å². The Morgan fingerprint density at radius 3 is 2.54 bits per heavy atom. The van der Waals surface area contributed by atoms with Gasteiger partial charge in [-0.15, -0.1) is 0 Å². The van der Waals surface area contributed by atoms with E-state index in [0.717, 1.165) is 11.1 Å². The number of hydrogen-bond acceptors (Lipinski definition) is 4. The first-order chi connectivity index (χ1) is 12.5. The summed E-state index contributed by atoms with van der Waals surface area (Å²) in [5, 5.41) is 16.0. The fraction of sp³-hybridized carbons (Fsp3) is 0.300. The minimum absolute atomic E-state index is 0.0514. The predicted molar refractivity (Wildman–Crippen MR) is 96.5 cm³/mol. The summed E-state index contributed by atoms with van der Waals surface area (Å²) in [4.78, 5) is 24.0. The Bertz CT molecular complexity index is 804. The Hall–Kier alpha value is -2.86. The Morgan fingerprint density at radius 2 is 1.77 bits per heavy atom. The molecule has 0 saturated carbocycles. The molecule has 2 amide bonds. The molecule has 0 aromatic heterocycles. The quantitative estimate of drug-likeness (QED) is 0.724. The molecule has 2 aromatic carbocycles. The molecule has 0 bridgehead atoms. The molecule has 1 heterocycles. The van der Waals surface area contributed by atoms with Crippen LogP contribution < -0.4 is 15.4 Å². The van der Waals surface area contributed by atoms with E-state index in [1.807, 2.05) is 37.3 Å². The SMILES string of the molecule is Cc1ccc(CNC(=O)C(=O)NCC2(O)CCOc3ccccc32)cc1. The molecular weight excluding hydrogens is 332 g/mol. The first-order valence-electron chi connectivity index (χ1n) is 8.54. The van der Waals surface area contributed by atoms with E-state index in [0.29, 0.717) is 24.3 Å². The maximum Gasteiger partial charge on any atom is 0.309 e. The average Bonchev–Trinajstić information content (AvgIpc) is 2.66. The highest BCUT2D eigenvalue weighted by molar-refractivity contribution is 6.35. The van der Waals surface area contributed by atoms with Crippen molar-refractivity contribution < 1.29 is 19.4 Å². The number of rotatable bonds is 4. The number of nitrogens with one attached hydrogen (secondary N) is 2. The molecule has 1 aliphatic heterocycles. The highest BCUT2D eigenvalue weighted by Gasteiger charge is 2.36. The van der Waals surface area contributed by atoms with Crippen molar-refractivity contribution in [3.8, 4) is 5.75 Å². The van der Waals surface area contributed by atoms with Gasteiger partial charge >= 0.3 is 11.8 Å². The van der Waals surface area contributed by atoms with Crippen LogP contribution in [0.1, 0.15) is 23.1 Å². The molecule has 1 unspecified atom stereocenters. The number of aryl methyl sites for hydroxylation is 1. The molecule has 6 heteroatoms. The van der Waals surface area contributed by atoms with Crippen LogP contribution in [-0.4, -0.2) is 30.1 Å². The zero-order chi connectivity index (χ0) is 18.6. The van der Waals surface area contributed by atoms with Crippen LogP contribution in [0.5, 0.6) is 5.75 Å². The maximum absolute atomic E-state index is 12.0. The maximum atomic E-state index is 12.0. The Balaban J connectivity index is 1.55. The van der Waals surface area contributed by atoms with Crippen molar-refractivity contribution in [1.29, 1.82) is 0 Å². The summed E-state index contributed by atoms with van der Waals surface area (Å²) in [6.07, 6.45) is 0.343. The van der Waals surface area contributed by atoms with Crippen molar-refractivity contribution >= 4 is 11.8 Å². The number of fused-ring (bicyclic) bond motifs is 1. The van der Waals surface area contributed by atoms with Gasteiger partial charge in [0.2, 0.25) is 0 Å². The Morgan fingerprint density at radius 1 is 1.08 bits per heavy atom. The highest BCUT2D eigenvalue weighted by Crippen LogP contribution is 2.36. The van der Waals surface area contributed by atoms with E-state index in [2.05, 4.69) is 10.6 Å². The normalized spacial score (nSPS) is 18.4. The van der Waals surface area contributed by atoms with Gasteiger partial charge in [-0.2, -0.15) is 0 Å². The smallest absolute Gasteiger partial charge is 0.309 e. The number of para-hydroxylation sites is 1. The van der Waals surface area contributed by atoms with Crippen LogP contribution in [0.2, 0.25) is 0 Å². The summed E-state index contributed by atoms with van der Waals surface area (Å²) >= 11 is 0. The van der Waals surface area contributed by atoms with Gasteiger partial charge in [0.1, 0.15) is 11.4 Å². The van der Waals surface area contributed by atoms with Crippen molar-refractivity contribution in [1.82, 2.24) is 10.6 Å². The molecule has 0 saturated heterocycles. The fourth-order valence-electron chi connectivity index (χ4n) is 2.90. The molecule has 0 radical (unpaired) electrons. The van der Waals surface area contributed by atoms with Crippen LogP contribution in [0, 0.1) is 6.92 Å². The van der Waals surface area contributed by atoms with E-state index in [1.165, 1.54) is 0 Å². The van der Waals surface area contributed by atoms with Gasteiger partial charge in [-0.05, 0) is 18.6 Å². The standard InChI is InChI=1S/C20H22N2O4/c1-14-6-8-15(9-7-14)12-21-18(23)19(24)22-13-20(25)10-11-26-17-5-3-2-4-16(17)20/h2-9,25H,10-13H2,1H3,(H,21,23)(H,22,24). The van der Waals surface area contributed by atoms with Crippen molar-refractivity contribution in [2.24, 2.45) is 0 Å². The fourth-order valence-corrected chi connectivity index (χ4v) is 2.90. The number of carbonyl (C=O) groups excluding carboxylic acids is 2. The lowest BCUT2D eigenvalue weighted by Gasteiger charge is -2.34. The molecule has 0 aliphatic carbocycles. The third-order valence-corrected chi connectivity index (χ3v) is 4.48. The Labute approximate surface area is 152 Å². The molecule has 26 heavy (non-hydrogen) atoms. The van der Waals surface area contributed by atoms with Gasteiger partial charge < -0.3 is 20.5 Å². The van der Waals surface area contributed by atoms with Gasteiger partial charge in [0.25, 0.3) is 0 Å². The molecule has 2 aromatic rings. The lowest BCUT2D eigenvalue weighted by atomic mass is 9.88. The third-order valence-electron chi connectivity index (χ3n) is 4.48. The van der Waals surface area contributed by atoms with Crippen molar-refractivity contribution in [3.63, 3.8) is 0 Å². The van der Waals surface area contributed by atoms with Gasteiger partial charge in [-0.25, -0.2) is 0 Å². The summed E-state index contributed by atoms with van der Waals surface area (Å²) in [6.45, 7) is 2.55. The molecule has 1 aliphatic rings. The lowest BCUT2D eigenvalue weighted by Crippen LogP contribution is -2.47. The van der Waals surface area contributed by atoms with Crippen LogP contribution >= 0.6 is 0 Å². The van der Waals surface area contributed by atoms with E-state index in [9.17, 15) is 14.7 Å². The predicted octanol–water partition coefficient (Wildman–Crippen LogP) is 1.40. The molecule has 0 fully saturated rings. The van der Waals surface area contributed by atoms with Crippen molar-refractivity contribution in [2.45, 2.75) is 25.5 Å². The number of aliphatic hydroxyl groups is 1. The topological polar surface area (TPSA) is 87.7 Å². The summed E-state index contributed by atoms with van der Waals surface area (Å²) in [6, 6.07) is 14.8. The van der Waals surface area contributed by atoms with Crippen molar-refractivity contribution in [3.05, 3.63) is 65.2 Å². The first kappa shape index (κ1) is 17.9. The lowest BCUT2D eigenvalue weighted by molar-refractivity contribution is -0.140. The molecule has 136 valence electrons. The number of ether oxygens (including phenoxy) is 1. The molecule has 1 atom stereocenters. The molecular formula is C20H22N2O4. The van der Waals surface area contributed by atoms with Crippen LogP contribution in [-0.2, 0) is 21.7 Å². The second-order valence-corrected chi connectivity index (χ2v) is 6.48. The number of hydrogen-bond donors (Lipinski definition) is 3. The number of benzene rings is 2. The second-order valence-electron chi connectivity index (χ2n) is 6.48. The second kappa shape index (κ2) is 7.58. The van der Waals surface area contributed by atoms with E-state index < -0.39 is 17.4 Å². The monoisotopic (exact) mass is 354 g/mol. The zero-order valence-corrected chi connectivity index (χ0v) is 14.6. The largest absolute Gasteiger partial charge is 0.493 e. The summed E-state index contributed by atoms with van der Waals surface area (Å²) in [5.74, 6) is -0.900. The number of carbonyl (C=O) groups is 2. The molecule has 6 nitrogen and oxygen atoms in total. The van der Waals surface area contributed by atoms with Gasteiger partial charge in [0.05, 0.1) is 13.2 Å². The van der Waals surface area contributed by atoms with Gasteiger partial charge in [0.15, 0.2) is 0 Å². The molecule has 3 N–H and O–H groups in total. The van der Waals surface area contributed by atoms with Crippen LogP contribution in [0.4, 0.5) is 0 Å². The van der Waals surface area contributed by atoms with E-state index in [4.69, 9.17) is 4.74 Å². The number of amides is 2. The van der Waals surface area contributed by atoms with Crippen molar-refractivity contribution in [2.75, 3.05) is 13.2 Å². The highest BCUT2D eigenvalue weighted by atomic mass is 16.5. The minimum Gasteiger partial charge on any atom is -0.493 e. The van der Waals surface area contributed by atoms with Gasteiger partial charge in [-0.1, -0.05) is 48.0 Å². The first-order valence-corrected chi connectivity index (χ1v) is 8.54. The van der Waals surface area contributed by atoms with Crippen LogP contribution in [0.3, 0.4) is 0 Å². The average molecular weight is 354 g/mol. The summed E-state index contributed by atoms with van der Waals surface area (Å²) in [5.41, 5.74) is 1.41. The van der Waals surface area contributed by atoms with Crippen LogP contribution in [0.15, 0.2) is 48.5 Å². The van der Waals surface area contributed by atoms with Crippen LogP contribution in [0.25, 0.3) is 0 Å². The summed E-state index contributed by atoms with van der Waals surface area (Å²) in [7, 11) is 0. The third kappa shape index (κ3) is 4.03. The molecule has 3 rings (SSSR count). The van der Waals surface area contributed by atoms with E-state index in [1.54, 1.807) is 18.2 Å². The van der Waals surface area contributed by atoms with Gasteiger partial charge in [0, 0.05) is 18.5 Å². The van der Waals surface area contributed by atoms with E-state index in [-0.39, 0.29) is 13.1 Å². The molecule has 0 spiro atoms. The Kier molecular flexibility index (Phi) is 5.23. The zero-order valence-electron chi connectivity index (χ0n) is 14.6. The minimum atomic E-state index is -1.25. The van der Waals surface area contributed by atoms with Gasteiger partial charge in [-0.3, -0.25) is 9.59 Å². The summed E-state index contributed by atoms with van der Waals surface area (Å²) < 4.78 is 5.52.